The standard InChI is InChI=1S/C9H16N4/c1-7-5-9(12-11-7)13-4-3-10-6-8(13)2/h5,8,10H,3-4,6H2,1-2H3,(H,11,12)/t8-/m0/s1. The Morgan fingerprint density at radius 1 is 1.62 bits per heavy atom. The van der Waals surface area contributed by atoms with Gasteiger partial charge < -0.3 is 10.2 Å². The summed E-state index contributed by atoms with van der Waals surface area (Å²) in [4.78, 5) is 2.33. The van der Waals surface area contributed by atoms with E-state index in [0.717, 1.165) is 31.1 Å². The Morgan fingerprint density at radius 3 is 3.08 bits per heavy atom. The van der Waals surface area contributed by atoms with Crippen molar-refractivity contribution in [1.29, 1.82) is 0 Å². The van der Waals surface area contributed by atoms with Crippen LogP contribution in [-0.4, -0.2) is 35.9 Å². The molecule has 0 saturated carbocycles. The molecule has 1 aliphatic rings. The monoisotopic (exact) mass is 180 g/mol. The van der Waals surface area contributed by atoms with Crippen LogP contribution in [0.15, 0.2) is 6.07 Å². The first-order valence-electron chi connectivity index (χ1n) is 4.77. The largest absolute Gasteiger partial charge is 0.350 e. The van der Waals surface area contributed by atoms with Crippen molar-refractivity contribution in [2.24, 2.45) is 0 Å². The molecule has 0 amide bonds. The molecular formula is C9H16N4. The van der Waals surface area contributed by atoms with Gasteiger partial charge in [-0.1, -0.05) is 0 Å². The molecule has 13 heavy (non-hydrogen) atoms. The first-order valence-corrected chi connectivity index (χ1v) is 4.77. The number of H-pyrrole nitrogens is 1. The number of aryl methyl sites for hydroxylation is 1. The van der Waals surface area contributed by atoms with Gasteiger partial charge in [0.05, 0.1) is 0 Å². The van der Waals surface area contributed by atoms with E-state index in [1.165, 1.54) is 0 Å². The minimum Gasteiger partial charge on any atom is -0.350 e. The second-order valence-electron chi connectivity index (χ2n) is 3.66. The van der Waals surface area contributed by atoms with Crippen LogP contribution in [0, 0.1) is 6.92 Å². The predicted molar refractivity (Wildman–Crippen MR) is 53.0 cm³/mol. The third-order valence-electron chi connectivity index (χ3n) is 2.49. The Balaban J connectivity index is 2.14. The molecular weight excluding hydrogens is 164 g/mol. The summed E-state index contributed by atoms with van der Waals surface area (Å²) in [5.74, 6) is 1.08. The van der Waals surface area contributed by atoms with E-state index < -0.39 is 0 Å². The molecule has 1 aliphatic heterocycles. The normalized spacial score (nSPS) is 23.5. The summed E-state index contributed by atoms with van der Waals surface area (Å²) < 4.78 is 0. The highest BCUT2D eigenvalue weighted by Crippen LogP contribution is 2.15. The minimum atomic E-state index is 0.538. The Hall–Kier alpha value is -1.03. The lowest BCUT2D eigenvalue weighted by atomic mass is 10.2. The van der Waals surface area contributed by atoms with Gasteiger partial charge in [-0.25, -0.2) is 0 Å². The first kappa shape index (κ1) is 8.56. The lowest BCUT2D eigenvalue weighted by molar-refractivity contribution is 0.497. The van der Waals surface area contributed by atoms with Crippen LogP contribution in [0.2, 0.25) is 0 Å². The molecule has 1 atom stereocenters. The zero-order chi connectivity index (χ0) is 9.26. The number of piperazine rings is 1. The zero-order valence-electron chi connectivity index (χ0n) is 8.17. The maximum atomic E-state index is 4.26. The van der Waals surface area contributed by atoms with Gasteiger partial charge in [-0.15, -0.1) is 0 Å². The number of nitrogens with zero attached hydrogens (tertiary/aromatic N) is 2. The van der Waals surface area contributed by atoms with Gasteiger partial charge in [0.25, 0.3) is 0 Å². The number of aromatic amines is 1. The number of hydrogen-bond acceptors (Lipinski definition) is 3. The quantitative estimate of drug-likeness (QED) is 0.662. The number of nitrogens with one attached hydrogen (secondary N) is 2. The number of hydrogen-bond donors (Lipinski definition) is 2. The molecule has 4 heteroatoms. The molecule has 2 heterocycles. The number of aromatic nitrogens is 2. The van der Waals surface area contributed by atoms with Gasteiger partial charge in [0.1, 0.15) is 0 Å². The predicted octanol–water partition coefficient (Wildman–Crippen LogP) is 0.516. The van der Waals surface area contributed by atoms with E-state index in [4.69, 9.17) is 0 Å². The van der Waals surface area contributed by atoms with Crippen molar-refractivity contribution in [3.8, 4) is 0 Å². The average Bonchev–Trinajstić information content (AvgIpc) is 2.53. The van der Waals surface area contributed by atoms with Gasteiger partial charge >= 0.3 is 0 Å². The fourth-order valence-electron chi connectivity index (χ4n) is 1.73. The summed E-state index contributed by atoms with van der Waals surface area (Å²) in [6, 6.07) is 2.64. The maximum Gasteiger partial charge on any atom is 0.150 e. The highest BCUT2D eigenvalue weighted by Gasteiger charge is 2.19. The van der Waals surface area contributed by atoms with E-state index in [9.17, 15) is 0 Å². The van der Waals surface area contributed by atoms with Crippen LogP contribution in [0.4, 0.5) is 5.82 Å². The average molecular weight is 180 g/mol. The van der Waals surface area contributed by atoms with Crippen molar-refractivity contribution in [3.05, 3.63) is 11.8 Å². The summed E-state index contributed by atoms with van der Waals surface area (Å²) in [6.45, 7) is 7.40. The Bertz CT molecular complexity index is 281. The van der Waals surface area contributed by atoms with Gasteiger partial charge in [0.2, 0.25) is 0 Å². The Labute approximate surface area is 78.3 Å². The highest BCUT2D eigenvalue weighted by atomic mass is 15.3. The third-order valence-corrected chi connectivity index (χ3v) is 2.49. The van der Waals surface area contributed by atoms with Crippen LogP contribution in [0.1, 0.15) is 12.6 Å². The molecule has 2 rings (SSSR count). The van der Waals surface area contributed by atoms with Crippen LogP contribution in [0.3, 0.4) is 0 Å². The van der Waals surface area contributed by atoms with Crippen LogP contribution in [-0.2, 0) is 0 Å². The summed E-state index contributed by atoms with van der Waals surface area (Å²) in [7, 11) is 0. The van der Waals surface area contributed by atoms with E-state index in [0.29, 0.717) is 6.04 Å². The molecule has 1 fully saturated rings. The molecule has 1 saturated heterocycles. The number of rotatable bonds is 1. The van der Waals surface area contributed by atoms with Crippen molar-refractivity contribution in [2.75, 3.05) is 24.5 Å². The fraction of sp³-hybridized carbons (Fsp3) is 0.667. The lowest BCUT2D eigenvalue weighted by Gasteiger charge is -2.33. The molecule has 1 aromatic heterocycles. The first-order chi connectivity index (χ1) is 6.27. The van der Waals surface area contributed by atoms with E-state index in [1.807, 2.05) is 6.92 Å². The molecule has 4 nitrogen and oxygen atoms in total. The minimum absolute atomic E-state index is 0.538. The van der Waals surface area contributed by atoms with Crippen LogP contribution < -0.4 is 10.2 Å². The van der Waals surface area contributed by atoms with Crippen molar-refractivity contribution in [3.63, 3.8) is 0 Å². The van der Waals surface area contributed by atoms with Crippen LogP contribution in [0.25, 0.3) is 0 Å². The molecule has 72 valence electrons. The van der Waals surface area contributed by atoms with E-state index in [2.05, 4.69) is 33.4 Å². The second-order valence-corrected chi connectivity index (χ2v) is 3.66. The Morgan fingerprint density at radius 2 is 2.46 bits per heavy atom. The summed E-state index contributed by atoms with van der Waals surface area (Å²) in [6.07, 6.45) is 0. The van der Waals surface area contributed by atoms with Crippen molar-refractivity contribution < 1.29 is 0 Å². The smallest absolute Gasteiger partial charge is 0.150 e. The third kappa shape index (κ3) is 1.67. The van der Waals surface area contributed by atoms with Crippen molar-refractivity contribution in [2.45, 2.75) is 19.9 Å². The molecule has 2 N–H and O–H groups in total. The van der Waals surface area contributed by atoms with E-state index >= 15 is 0 Å². The second kappa shape index (κ2) is 3.38. The Kier molecular flexibility index (Phi) is 2.22. The van der Waals surface area contributed by atoms with Gasteiger partial charge in [-0.3, -0.25) is 5.10 Å². The zero-order valence-corrected chi connectivity index (χ0v) is 8.17. The molecule has 1 aromatic rings. The highest BCUT2D eigenvalue weighted by molar-refractivity contribution is 5.40. The summed E-state index contributed by atoms with van der Waals surface area (Å²) in [5.41, 5.74) is 1.13. The van der Waals surface area contributed by atoms with Gasteiger partial charge in [-0.2, -0.15) is 5.10 Å². The molecule has 0 radical (unpaired) electrons. The summed E-state index contributed by atoms with van der Waals surface area (Å²) >= 11 is 0. The van der Waals surface area contributed by atoms with E-state index in [-0.39, 0.29) is 0 Å². The van der Waals surface area contributed by atoms with Crippen LogP contribution >= 0.6 is 0 Å². The maximum absolute atomic E-state index is 4.26. The van der Waals surface area contributed by atoms with Gasteiger partial charge in [0.15, 0.2) is 5.82 Å². The topological polar surface area (TPSA) is 44.0 Å². The van der Waals surface area contributed by atoms with Gasteiger partial charge in [0, 0.05) is 37.4 Å². The molecule has 0 unspecified atom stereocenters. The number of anilines is 1. The van der Waals surface area contributed by atoms with Gasteiger partial charge in [-0.05, 0) is 13.8 Å². The fourth-order valence-corrected chi connectivity index (χ4v) is 1.73. The molecule has 0 bridgehead atoms. The summed E-state index contributed by atoms with van der Waals surface area (Å²) in [5, 5.41) is 10.6. The molecule has 0 aliphatic carbocycles. The van der Waals surface area contributed by atoms with E-state index in [1.54, 1.807) is 0 Å². The van der Waals surface area contributed by atoms with Crippen LogP contribution in [0.5, 0.6) is 0 Å². The lowest BCUT2D eigenvalue weighted by Crippen LogP contribution is -2.50. The molecule has 0 aromatic carbocycles. The molecule has 0 spiro atoms. The van der Waals surface area contributed by atoms with Crippen molar-refractivity contribution in [1.82, 2.24) is 15.5 Å². The van der Waals surface area contributed by atoms with Crippen molar-refractivity contribution >= 4 is 5.82 Å². The SMILES string of the molecule is Cc1cc(N2CCNC[C@@H]2C)n[nH]1.